The maximum atomic E-state index is 12.9. The molecule has 1 heterocycles. The van der Waals surface area contributed by atoms with Gasteiger partial charge >= 0.3 is 16.4 Å². The molecular formula is C57H98O12S. The molecule has 6 atom stereocenters. The molecule has 0 spiro atoms. The first-order valence-electron chi connectivity index (χ1n) is 27.3. The summed E-state index contributed by atoms with van der Waals surface area (Å²) in [6.07, 6.45) is 54.6. The van der Waals surface area contributed by atoms with Crippen LogP contribution in [-0.2, 0) is 38.3 Å². The maximum Gasteiger partial charge on any atom is 0.397 e. The van der Waals surface area contributed by atoms with Gasteiger partial charge in [0.2, 0.25) is 0 Å². The molecule has 1 fully saturated rings. The van der Waals surface area contributed by atoms with E-state index in [1.54, 1.807) is 0 Å². The van der Waals surface area contributed by atoms with Crippen molar-refractivity contribution in [1.29, 1.82) is 0 Å². The van der Waals surface area contributed by atoms with Gasteiger partial charge in [0.1, 0.15) is 30.5 Å². The molecule has 1 aliphatic heterocycles. The zero-order chi connectivity index (χ0) is 51.0. The van der Waals surface area contributed by atoms with Gasteiger partial charge in [-0.1, -0.05) is 195 Å². The van der Waals surface area contributed by atoms with E-state index in [1.165, 1.54) is 89.9 Å². The molecule has 6 unspecified atom stereocenters. The highest BCUT2D eigenvalue weighted by Crippen LogP contribution is 2.26. The molecule has 0 saturated carbocycles. The SMILES string of the molecule is CC/C=C\C/C=C\C/C=C\C/C=C\C/C=C\CCCCCCCCCCCC(=O)OC(COCCCCCCCCCC/C=C\C/C=C\CCCCC)COC1OC(CO)C(O)C(OS(=O)(=O)O)C1O. The van der Waals surface area contributed by atoms with E-state index in [0.29, 0.717) is 13.0 Å². The first-order valence-corrected chi connectivity index (χ1v) is 28.7. The van der Waals surface area contributed by atoms with Crippen molar-refractivity contribution in [2.75, 3.05) is 26.4 Å². The van der Waals surface area contributed by atoms with E-state index in [0.717, 1.165) is 89.9 Å². The Morgan fingerprint density at radius 3 is 1.44 bits per heavy atom. The predicted molar refractivity (Wildman–Crippen MR) is 285 cm³/mol. The molecular weight excluding hydrogens is 909 g/mol. The number of esters is 1. The summed E-state index contributed by atoms with van der Waals surface area (Å²) in [4.78, 5) is 12.9. The minimum Gasteiger partial charge on any atom is -0.457 e. The lowest BCUT2D eigenvalue weighted by atomic mass is 9.99. The van der Waals surface area contributed by atoms with Crippen LogP contribution >= 0.6 is 0 Å². The van der Waals surface area contributed by atoms with Gasteiger partial charge in [-0.25, -0.2) is 4.18 Å². The number of hydrogen-bond donors (Lipinski definition) is 4. The molecule has 70 heavy (non-hydrogen) atoms. The number of aliphatic hydroxyl groups is 3. The number of ether oxygens (including phenoxy) is 4. The Bertz CT molecular complexity index is 1540. The van der Waals surface area contributed by atoms with E-state index in [1.807, 2.05) is 0 Å². The number of carbonyl (C=O) groups excluding carboxylic acids is 1. The fraction of sp³-hybridized carbons (Fsp3) is 0.737. The largest absolute Gasteiger partial charge is 0.457 e. The topological polar surface area (TPSA) is 178 Å². The lowest BCUT2D eigenvalue weighted by Crippen LogP contribution is -2.60. The summed E-state index contributed by atoms with van der Waals surface area (Å²) in [5.74, 6) is -0.410. The highest BCUT2D eigenvalue weighted by Gasteiger charge is 2.48. The molecule has 404 valence electrons. The monoisotopic (exact) mass is 1010 g/mol. The third-order valence-electron chi connectivity index (χ3n) is 12.0. The highest BCUT2D eigenvalue weighted by molar-refractivity contribution is 7.80. The van der Waals surface area contributed by atoms with Crippen LogP contribution in [0.25, 0.3) is 0 Å². The van der Waals surface area contributed by atoms with Gasteiger partial charge in [0, 0.05) is 13.0 Å². The molecule has 1 rings (SSSR count). The molecule has 0 radical (unpaired) electrons. The van der Waals surface area contributed by atoms with Gasteiger partial charge in [-0.15, -0.1) is 0 Å². The van der Waals surface area contributed by atoms with E-state index >= 15 is 0 Å². The van der Waals surface area contributed by atoms with Gasteiger partial charge in [-0.2, -0.15) is 8.42 Å². The Balaban J connectivity index is 2.34. The van der Waals surface area contributed by atoms with Crippen LogP contribution in [0.2, 0.25) is 0 Å². The van der Waals surface area contributed by atoms with Crippen LogP contribution in [0.15, 0.2) is 85.1 Å². The molecule has 12 nitrogen and oxygen atoms in total. The number of allylic oxidation sites excluding steroid dienone is 14. The second-order valence-electron chi connectivity index (χ2n) is 18.4. The fourth-order valence-corrected chi connectivity index (χ4v) is 8.41. The second-order valence-corrected chi connectivity index (χ2v) is 19.5. The first-order chi connectivity index (χ1) is 34.1. The molecule has 0 amide bonds. The van der Waals surface area contributed by atoms with Crippen molar-refractivity contribution in [3.8, 4) is 0 Å². The van der Waals surface area contributed by atoms with Crippen LogP contribution in [0.4, 0.5) is 0 Å². The fourth-order valence-electron chi connectivity index (χ4n) is 7.91. The summed E-state index contributed by atoms with van der Waals surface area (Å²) >= 11 is 0. The van der Waals surface area contributed by atoms with Gasteiger partial charge < -0.3 is 34.3 Å². The second kappa shape index (κ2) is 47.3. The Morgan fingerprint density at radius 1 is 0.557 bits per heavy atom. The minimum absolute atomic E-state index is 0.0254. The highest BCUT2D eigenvalue weighted by atomic mass is 32.3. The summed E-state index contributed by atoms with van der Waals surface area (Å²) in [5, 5.41) is 30.8. The summed E-state index contributed by atoms with van der Waals surface area (Å²) in [6.45, 7) is 3.84. The third kappa shape index (κ3) is 39.8. The van der Waals surface area contributed by atoms with Crippen molar-refractivity contribution in [2.24, 2.45) is 0 Å². The lowest BCUT2D eigenvalue weighted by Gasteiger charge is -2.41. The van der Waals surface area contributed by atoms with Crippen LogP contribution in [-0.4, -0.2) is 97.5 Å². The molecule has 0 bridgehead atoms. The number of unbranched alkanes of at least 4 members (excludes halogenated alkanes) is 20. The molecule has 13 heteroatoms. The first kappa shape index (κ1) is 65.3. The van der Waals surface area contributed by atoms with Crippen LogP contribution < -0.4 is 0 Å². The lowest BCUT2D eigenvalue weighted by molar-refractivity contribution is -0.301. The van der Waals surface area contributed by atoms with E-state index in [2.05, 4.69) is 103 Å². The van der Waals surface area contributed by atoms with Crippen molar-refractivity contribution in [2.45, 2.75) is 243 Å². The van der Waals surface area contributed by atoms with Gasteiger partial charge in [0.05, 0.1) is 19.8 Å². The van der Waals surface area contributed by atoms with Gasteiger partial charge in [0.25, 0.3) is 0 Å². The van der Waals surface area contributed by atoms with Crippen LogP contribution in [0.3, 0.4) is 0 Å². The van der Waals surface area contributed by atoms with E-state index in [9.17, 15) is 33.1 Å². The molecule has 1 aliphatic rings. The summed E-state index contributed by atoms with van der Waals surface area (Å²) in [7, 11) is -5.07. The number of rotatable bonds is 47. The molecule has 1 saturated heterocycles. The van der Waals surface area contributed by atoms with E-state index in [-0.39, 0.29) is 19.6 Å². The Hall–Kier alpha value is -2.72. The molecule has 0 aliphatic carbocycles. The molecule has 0 aromatic rings. The standard InChI is InChI=1S/C57H98O12S/c1-3-5-7-9-11-13-15-17-19-21-23-24-25-26-27-28-29-30-32-34-36-38-40-42-44-46-53(59)67-51(50-66-57-55(61)56(69-70(62,63)64)54(60)52(48-58)68-57)49-65-47-45-43-41-39-37-35-33-31-22-20-18-16-14-12-10-8-6-4-2/h5,7,11-14,17-20,23-24,26-27,51-52,54-58,60-61H,3-4,6,8-10,15-16,21-22,25,28-50H2,1-2H3,(H,62,63,64)/b7-5-,13-11-,14-12-,19-17-,20-18-,24-23-,27-26-. The van der Waals surface area contributed by atoms with Crippen molar-refractivity contribution in [3.05, 3.63) is 85.1 Å². The van der Waals surface area contributed by atoms with Crippen molar-refractivity contribution in [1.82, 2.24) is 0 Å². The summed E-state index contributed by atoms with van der Waals surface area (Å²) < 4.78 is 59.3. The normalized spacial score (nSPS) is 19.8. The average molecular weight is 1010 g/mol. The summed E-state index contributed by atoms with van der Waals surface area (Å²) in [5.41, 5.74) is 0. The Kier molecular flexibility index (Phi) is 44.1. The quantitative estimate of drug-likeness (QED) is 0.0197. The van der Waals surface area contributed by atoms with Crippen LogP contribution in [0, 0.1) is 0 Å². The zero-order valence-corrected chi connectivity index (χ0v) is 44.4. The molecule has 0 aromatic carbocycles. The number of hydrogen-bond acceptors (Lipinski definition) is 11. The zero-order valence-electron chi connectivity index (χ0n) is 43.6. The van der Waals surface area contributed by atoms with Crippen molar-refractivity contribution in [3.63, 3.8) is 0 Å². The predicted octanol–water partition coefficient (Wildman–Crippen LogP) is 13.2. The minimum atomic E-state index is -5.07. The molecule has 0 aromatic heterocycles. The van der Waals surface area contributed by atoms with E-state index < -0.39 is 59.8 Å². The molecule has 4 N–H and O–H groups in total. The van der Waals surface area contributed by atoms with E-state index in [4.69, 9.17) is 18.9 Å². The van der Waals surface area contributed by atoms with Crippen molar-refractivity contribution >= 4 is 16.4 Å². The maximum absolute atomic E-state index is 12.9. The number of carbonyl (C=O) groups is 1. The van der Waals surface area contributed by atoms with Gasteiger partial charge in [0.15, 0.2) is 6.29 Å². The Morgan fingerprint density at radius 2 is 0.986 bits per heavy atom. The van der Waals surface area contributed by atoms with Crippen molar-refractivity contribution < 1.29 is 56.2 Å². The van der Waals surface area contributed by atoms with Crippen LogP contribution in [0.5, 0.6) is 0 Å². The Labute approximate surface area is 425 Å². The van der Waals surface area contributed by atoms with Gasteiger partial charge in [-0.05, 0) is 89.9 Å². The van der Waals surface area contributed by atoms with Gasteiger partial charge in [-0.3, -0.25) is 9.35 Å². The van der Waals surface area contributed by atoms with Crippen LogP contribution in [0.1, 0.15) is 206 Å². The smallest absolute Gasteiger partial charge is 0.397 e. The third-order valence-corrected chi connectivity index (χ3v) is 12.5. The average Bonchev–Trinajstić information content (AvgIpc) is 3.34. The number of aliphatic hydroxyl groups excluding tert-OH is 3. The summed E-state index contributed by atoms with van der Waals surface area (Å²) in [6, 6.07) is 0.